The number of nitrogens with zero attached hydrogens (tertiary/aromatic N) is 4. The molecule has 0 N–H and O–H groups in total. The molecule has 0 aliphatic heterocycles. The summed E-state index contributed by atoms with van der Waals surface area (Å²) >= 11 is 6.18. The van der Waals surface area contributed by atoms with Gasteiger partial charge in [-0.2, -0.15) is 9.97 Å². The molecule has 0 radical (unpaired) electrons. The molecule has 6 heteroatoms. The predicted octanol–water partition coefficient (Wildman–Crippen LogP) is 5.15. The summed E-state index contributed by atoms with van der Waals surface area (Å²) in [4.78, 5) is 17.4. The number of hydrogen-bond acceptors (Lipinski definition) is 5. The Balaban J connectivity index is 1.77. The zero-order chi connectivity index (χ0) is 17.5. The lowest BCUT2D eigenvalue weighted by atomic mass is 10.1. The molecule has 3 aromatic heterocycles. The van der Waals surface area contributed by atoms with E-state index in [-0.39, 0.29) is 5.28 Å². The largest absolute Gasteiger partial charge is 0.455 e. The van der Waals surface area contributed by atoms with E-state index in [1.54, 1.807) is 12.4 Å². The first kappa shape index (κ1) is 15.0. The molecule has 0 bridgehead atoms. The van der Waals surface area contributed by atoms with Gasteiger partial charge in [-0.25, -0.2) is 4.98 Å². The van der Waals surface area contributed by atoms with Crippen LogP contribution in [0.15, 0.2) is 71.4 Å². The van der Waals surface area contributed by atoms with Crippen molar-refractivity contribution < 1.29 is 4.42 Å². The first-order chi connectivity index (χ1) is 12.8. The number of pyridine rings is 1. The lowest BCUT2D eigenvalue weighted by Gasteiger charge is -2.05. The molecule has 0 saturated heterocycles. The van der Waals surface area contributed by atoms with Gasteiger partial charge < -0.3 is 4.42 Å². The van der Waals surface area contributed by atoms with E-state index in [1.165, 1.54) is 0 Å². The average molecular weight is 359 g/mol. The zero-order valence-corrected chi connectivity index (χ0v) is 14.2. The minimum absolute atomic E-state index is 0.142. The second-order valence-corrected chi connectivity index (χ2v) is 6.11. The molecule has 2 aromatic carbocycles. The molecule has 3 heterocycles. The molecule has 0 spiro atoms. The third kappa shape index (κ3) is 2.41. The molecule has 124 valence electrons. The zero-order valence-electron chi connectivity index (χ0n) is 13.4. The van der Waals surface area contributed by atoms with Crippen LogP contribution in [0.2, 0.25) is 5.28 Å². The van der Waals surface area contributed by atoms with Gasteiger partial charge in [0.25, 0.3) is 0 Å². The second-order valence-electron chi connectivity index (χ2n) is 5.77. The van der Waals surface area contributed by atoms with Gasteiger partial charge in [0.15, 0.2) is 11.6 Å². The monoisotopic (exact) mass is 358 g/mol. The van der Waals surface area contributed by atoms with Crippen LogP contribution in [0.4, 0.5) is 0 Å². The van der Waals surface area contributed by atoms with Crippen LogP contribution in [-0.4, -0.2) is 19.9 Å². The number of benzene rings is 2. The summed E-state index contributed by atoms with van der Waals surface area (Å²) in [7, 11) is 0. The Morgan fingerprint density at radius 2 is 1.62 bits per heavy atom. The highest BCUT2D eigenvalue weighted by Crippen LogP contribution is 2.34. The van der Waals surface area contributed by atoms with Crippen LogP contribution in [-0.2, 0) is 0 Å². The van der Waals surface area contributed by atoms with Crippen molar-refractivity contribution in [3.63, 3.8) is 0 Å². The number of aromatic nitrogens is 4. The normalized spacial score (nSPS) is 11.3. The Morgan fingerprint density at radius 1 is 0.769 bits per heavy atom. The second kappa shape index (κ2) is 5.89. The number of para-hydroxylation sites is 1. The van der Waals surface area contributed by atoms with Gasteiger partial charge in [0, 0.05) is 28.7 Å². The quantitative estimate of drug-likeness (QED) is 0.436. The molecule has 0 atom stereocenters. The maximum Gasteiger partial charge on any atom is 0.226 e. The summed E-state index contributed by atoms with van der Waals surface area (Å²) in [6.45, 7) is 0. The Labute approximate surface area is 153 Å². The smallest absolute Gasteiger partial charge is 0.226 e. The van der Waals surface area contributed by atoms with Crippen molar-refractivity contribution in [2.24, 2.45) is 0 Å². The Bertz CT molecular complexity index is 1250. The summed E-state index contributed by atoms with van der Waals surface area (Å²) in [5, 5.41) is 2.06. The number of rotatable bonds is 2. The van der Waals surface area contributed by atoms with Gasteiger partial charge >= 0.3 is 0 Å². The molecule has 5 nitrogen and oxygen atoms in total. The summed E-state index contributed by atoms with van der Waals surface area (Å²) in [5.74, 6) is 0.997. The van der Waals surface area contributed by atoms with E-state index < -0.39 is 0 Å². The van der Waals surface area contributed by atoms with Crippen molar-refractivity contribution >= 4 is 33.5 Å². The van der Waals surface area contributed by atoms with E-state index >= 15 is 0 Å². The molecular weight excluding hydrogens is 348 g/mol. The standard InChI is InChI=1S/C20H11ClN4O/c21-20-24-18(12-5-2-1-3-6-12)23-19(25-20)14-8-4-7-13-15-11-22-10-9-16(15)26-17(13)14/h1-11H. The first-order valence-electron chi connectivity index (χ1n) is 8.02. The molecule has 0 amide bonds. The highest BCUT2D eigenvalue weighted by Gasteiger charge is 2.16. The molecule has 0 aliphatic carbocycles. The number of hydrogen-bond donors (Lipinski definition) is 0. The maximum absolute atomic E-state index is 6.18. The van der Waals surface area contributed by atoms with Crippen molar-refractivity contribution in [1.29, 1.82) is 0 Å². The SMILES string of the molecule is Clc1nc(-c2ccccc2)nc(-c2cccc3c2oc2ccncc23)n1. The van der Waals surface area contributed by atoms with Crippen LogP contribution in [0.1, 0.15) is 0 Å². The number of fused-ring (bicyclic) bond motifs is 3. The summed E-state index contributed by atoms with van der Waals surface area (Å²) < 4.78 is 6.04. The van der Waals surface area contributed by atoms with Crippen LogP contribution in [0.3, 0.4) is 0 Å². The first-order valence-corrected chi connectivity index (χ1v) is 8.40. The van der Waals surface area contributed by atoms with E-state index in [1.807, 2.05) is 54.6 Å². The van der Waals surface area contributed by atoms with Crippen molar-refractivity contribution in [1.82, 2.24) is 19.9 Å². The summed E-state index contributed by atoms with van der Waals surface area (Å²) in [5.41, 5.74) is 3.11. The molecule has 0 fully saturated rings. The minimum atomic E-state index is 0.142. The fourth-order valence-corrected chi connectivity index (χ4v) is 3.17. The minimum Gasteiger partial charge on any atom is -0.455 e. The summed E-state index contributed by atoms with van der Waals surface area (Å²) in [6.07, 6.45) is 3.50. The third-order valence-electron chi connectivity index (χ3n) is 4.18. The van der Waals surface area contributed by atoms with Crippen LogP contribution in [0.25, 0.3) is 44.7 Å². The molecule has 0 aliphatic rings. The van der Waals surface area contributed by atoms with Gasteiger partial charge in [0.1, 0.15) is 11.2 Å². The third-order valence-corrected chi connectivity index (χ3v) is 4.35. The summed E-state index contributed by atoms with van der Waals surface area (Å²) in [6, 6.07) is 17.4. The van der Waals surface area contributed by atoms with Gasteiger partial charge in [0.05, 0.1) is 5.56 Å². The lowest BCUT2D eigenvalue weighted by Crippen LogP contribution is -1.97. The average Bonchev–Trinajstić information content (AvgIpc) is 3.07. The topological polar surface area (TPSA) is 64.7 Å². The van der Waals surface area contributed by atoms with Crippen LogP contribution < -0.4 is 0 Å². The molecule has 0 saturated carbocycles. The van der Waals surface area contributed by atoms with Gasteiger partial charge in [-0.15, -0.1) is 0 Å². The lowest BCUT2D eigenvalue weighted by molar-refractivity contribution is 0.669. The molecular formula is C20H11ClN4O. The van der Waals surface area contributed by atoms with Crippen molar-refractivity contribution in [2.75, 3.05) is 0 Å². The van der Waals surface area contributed by atoms with Gasteiger partial charge in [0.2, 0.25) is 5.28 Å². The van der Waals surface area contributed by atoms with E-state index in [9.17, 15) is 0 Å². The van der Waals surface area contributed by atoms with Crippen LogP contribution in [0, 0.1) is 0 Å². The van der Waals surface area contributed by atoms with Crippen molar-refractivity contribution in [3.05, 3.63) is 72.3 Å². The molecule has 0 unspecified atom stereocenters. The molecule has 5 aromatic rings. The fraction of sp³-hybridized carbons (Fsp3) is 0. The van der Waals surface area contributed by atoms with E-state index in [4.69, 9.17) is 16.0 Å². The Hall–Kier alpha value is -3.31. The van der Waals surface area contributed by atoms with Gasteiger partial charge in [-0.3, -0.25) is 4.98 Å². The highest BCUT2D eigenvalue weighted by molar-refractivity contribution is 6.28. The van der Waals surface area contributed by atoms with E-state index in [2.05, 4.69) is 19.9 Å². The maximum atomic E-state index is 6.18. The fourth-order valence-electron chi connectivity index (χ4n) is 3.00. The van der Waals surface area contributed by atoms with Crippen molar-refractivity contribution in [2.45, 2.75) is 0 Å². The van der Waals surface area contributed by atoms with E-state index in [0.29, 0.717) is 17.2 Å². The Morgan fingerprint density at radius 3 is 2.50 bits per heavy atom. The Kier molecular flexibility index (Phi) is 3.40. The van der Waals surface area contributed by atoms with Gasteiger partial charge in [-0.05, 0) is 23.7 Å². The van der Waals surface area contributed by atoms with Crippen LogP contribution >= 0.6 is 11.6 Å². The van der Waals surface area contributed by atoms with Crippen molar-refractivity contribution in [3.8, 4) is 22.8 Å². The number of halogens is 1. The van der Waals surface area contributed by atoms with Crippen LogP contribution in [0.5, 0.6) is 0 Å². The van der Waals surface area contributed by atoms with Gasteiger partial charge in [-0.1, -0.05) is 42.5 Å². The molecule has 26 heavy (non-hydrogen) atoms. The predicted molar refractivity (Wildman–Crippen MR) is 101 cm³/mol. The number of furan rings is 1. The molecule has 5 rings (SSSR count). The van der Waals surface area contributed by atoms with E-state index in [0.717, 1.165) is 27.5 Å². The highest BCUT2D eigenvalue weighted by atomic mass is 35.5.